The molecule has 1 aromatic rings. The van der Waals surface area contributed by atoms with Crippen LogP contribution in [0.3, 0.4) is 0 Å². The zero-order chi connectivity index (χ0) is 12.7. The van der Waals surface area contributed by atoms with Crippen LogP contribution in [0.4, 0.5) is 11.6 Å². The zero-order valence-electron chi connectivity index (χ0n) is 11.5. The third-order valence-electron chi connectivity index (χ3n) is 2.73. The van der Waals surface area contributed by atoms with Gasteiger partial charge in [-0.3, -0.25) is 0 Å². The van der Waals surface area contributed by atoms with E-state index in [2.05, 4.69) is 41.1 Å². The molecule has 4 heteroatoms. The van der Waals surface area contributed by atoms with Crippen molar-refractivity contribution in [2.45, 2.75) is 39.5 Å². The normalized spacial score (nSPS) is 10.4. The van der Waals surface area contributed by atoms with E-state index in [1.807, 2.05) is 13.1 Å². The van der Waals surface area contributed by atoms with Gasteiger partial charge in [-0.25, -0.2) is 9.97 Å². The minimum atomic E-state index is 0.904. The van der Waals surface area contributed by atoms with Crippen molar-refractivity contribution in [1.82, 2.24) is 9.97 Å². The lowest BCUT2D eigenvalue weighted by Gasteiger charge is -2.19. The molecule has 0 aliphatic rings. The Morgan fingerprint density at radius 2 is 2.00 bits per heavy atom. The van der Waals surface area contributed by atoms with Crippen LogP contribution in [0.2, 0.25) is 0 Å². The number of nitrogens with zero attached hydrogens (tertiary/aromatic N) is 3. The van der Waals surface area contributed by atoms with Gasteiger partial charge in [-0.15, -0.1) is 0 Å². The summed E-state index contributed by atoms with van der Waals surface area (Å²) in [6, 6.07) is 2.01. The Balaban J connectivity index is 2.85. The highest BCUT2D eigenvalue weighted by atomic mass is 15.2. The molecule has 1 N–H and O–H groups in total. The van der Waals surface area contributed by atoms with Crippen molar-refractivity contribution >= 4 is 11.6 Å². The van der Waals surface area contributed by atoms with E-state index in [9.17, 15) is 0 Å². The van der Waals surface area contributed by atoms with Gasteiger partial charge in [0.1, 0.15) is 17.5 Å². The molecule has 0 amide bonds. The summed E-state index contributed by atoms with van der Waals surface area (Å²) in [5, 5.41) is 3.10. The number of aromatic nitrogens is 2. The first-order chi connectivity index (χ1) is 8.21. The van der Waals surface area contributed by atoms with Gasteiger partial charge in [0.05, 0.1) is 0 Å². The first-order valence-electron chi connectivity index (χ1n) is 6.48. The van der Waals surface area contributed by atoms with Crippen LogP contribution in [0.1, 0.15) is 38.9 Å². The summed E-state index contributed by atoms with van der Waals surface area (Å²) in [7, 11) is 3.99. The van der Waals surface area contributed by atoms with Crippen molar-refractivity contribution in [3.63, 3.8) is 0 Å². The Bertz CT molecular complexity index is 338. The Labute approximate surface area is 104 Å². The maximum atomic E-state index is 4.60. The Morgan fingerprint density at radius 3 is 2.59 bits per heavy atom. The van der Waals surface area contributed by atoms with Crippen LogP contribution in [0.5, 0.6) is 0 Å². The summed E-state index contributed by atoms with van der Waals surface area (Å²) >= 11 is 0. The topological polar surface area (TPSA) is 41.0 Å². The highest BCUT2D eigenvalue weighted by molar-refractivity contribution is 5.48. The summed E-state index contributed by atoms with van der Waals surface area (Å²) < 4.78 is 0. The number of nitrogens with one attached hydrogen (secondary N) is 1. The number of aryl methyl sites for hydroxylation is 1. The molecule has 0 aliphatic carbocycles. The lowest BCUT2D eigenvalue weighted by molar-refractivity contribution is 0.750. The fourth-order valence-corrected chi connectivity index (χ4v) is 1.65. The van der Waals surface area contributed by atoms with E-state index in [4.69, 9.17) is 0 Å². The van der Waals surface area contributed by atoms with Crippen LogP contribution >= 0.6 is 0 Å². The molecule has 0 saturated carbocycles. The highest BCUT2D eigenvalue weighted by Gasteiger charge is 2.07. The summed E-state index contributed by atoms with van der Waals surface area (Å²) in [5.41, 5.74) is 0. The molecule has 1 rings (SSSR count). The van der Waals surface area contributed by atoms with Crippen molar-refractivity contribution in [2.75, 3.05) is 30.9 Å². The van der Waals surface area contributed by atoms with Gasteiger partial charge in [0.2, 0.25) is 0 Å². The zero-order valence-corrected chi connectivity index (χ0v) is 11.5. The van der Waals surface area contributed by atoms with Crippen molar-refractivity contribution < 1.29 is 0 Å². The number of unbranched alkanes of at least 4 members (excludes halogenated alkanes) is 1. The molecular formula is C13H24N4. The highest BCUT2D eigenvalue weighted by Crippen LogP contribution is 2.15. The molecule has 1 heterocycles. The molecule has 0 radical (unpaired) electrons. The smallest absolute Gasteiger partial charge is 0.134 e. The predicted molar refractivity (Wildman–Crippen MR) is 73.8 cm³/mol. The van der Waals surface area contributed by atoms with E-state index < -0.39 is 0 Å². The summed E-state index contributed by atoms with van der Waals surface area (Å²) in [5.74, 6) is 2.85. The fraction of sp³-hybridized carbons (Fsp3) is 0.692. The number of hydrogen-bond acceptors (Lipinski definition) is 4. The van der Waals surface area contributed by atoms with E-state index in [1.54, 1.807) is 0 Å². The first kappa shape index (κ1) is 13.7. The average Bonchev–Trinajstić information content (AvgIpc) is 2.35. The first-order valence-corrected chi connectivity index (χ1v) is 6.48. The molecule has 0 fully saturated rings. The van der Waals surface area contributed by atoms with Crippen LogP contribution < -0.4 is 10.2 Å². The minimum Gasteiger partial charge on any atom is -0.373 e. The van der Waals surface area contributed by atoms with Gasteiger partial charge in [-0.2, -0.15) is 0 Å². The second-order valence-corrected chi connectivity index (χ2v) is 4.30. The molecule has 0 bridgehead atoms. The molecule has 0 spiro atoms. The fourth-order valence-electron chi connectivity index (χ4n) is 1.65. The van der Waals surface area contributed by atoms with Crippen LogP contribution in [0, 0.1) is 0 Å². The lowest BCUT2D eigenvalue weighted by Crippen LogP contribution is -2.20. The van der Waals surface area contributed by atoms with Crippen molar-refractivity contribution in [3.8, 4) is 0 Å². The maximum Gasteiger partial charge on any atom is 0.134 e. The van der Waals surface area contributed by atoms with E-state index in [1.165, 1.54) is 12.8 Å². The van der Waals surface area contributed by atoms with Crippen molar-refractivity contribution in [1.29, 1.82) is 0 Å². The maximum absolute atomic E-state index is 4.60. The summed E-state index contributed by atoms with van der Waals surface area (Å²) in [6.07, 6.45) is 4.41. The second kappa shape index (κ2) is 7.09. The molecule has 1 aromatic heterocycles. The van der Waals surface area contributed by atoms with Gasteiger partial charge in [-0.05, 0) is 12.8 Å². The monoisotopic (exact) mass is 236 g/mol. The van der Waals surface area contributed by atoms with Gasteiger partial charge in [0, 0.05) is 33.1 Å². The van der Waals surface area contributed by atoms with E-state index in [-0.39, 0.29) is 0 Å². The van der Waals surface area contributed by atoms with E-state index in [0.29, 0.717) is 0 Å². The lowest BCUT2D eigenvalue weighted by atomic mass is 10.3. The molecule has 0 saturated heterocycles. The van der Waals surface area contributed by atoms with Gasteiger partial charge in [0.15, 0.2) is 0 Å². The Morgan fingerprint density at radius 1 is 1.24 bits per heavy atom. The molecule has 0 atom stereocenters. The molecule has 96 valence electrons. The minimum absolute atomic E-state index is 0.904. The van der Waals surface area contributed by atoms with Crippen LogP contribution in [-0.2, 0) is 6.42 Å². The third kappa shape index (κ3) is 4.21. The van der Waals surface area contributed by atoms with Gasteiger partial charge >= 0.3 is 0 Å². The largest absolute Gasteiger partial charge is 0.373 e. The molecule has 0 aromatic carbocycles. The van der Waals surface area contributed by atoms with Gasteiger partial charge < -0.3 is 10.2 Å². The van der Waals surface area contributed by atoms with Crippen LogP contribution in [0.25, 0.3) is 0 Å². The molecule has 0 unspecified atom stereocenters. The SMILES string of the molecule is CCCCN(C)c1cc(NC)nc(CCC)n1. The van der Waals surface area contributed by atoms with E-state index in [0.717, 1.165) is 36.8 Å². The van der Waals surface area contributed by atoms with Gasteiger partial charge in [0.25, 0.3) is 0 Å². The number of hydrogen-bond donors (Lipinski definition) is 1. The second-order valence-electron chi connectivity index (χ2n) is 4.30. The Hall–Kier alpha value is -1.32. The number of rotatable bonds is 7. The third-order valence-corrected chi connectivity index (χ3v) is 2.73. The van der Waals surface area contributed by atoms with Crippen molar-refractivity contribution in [2.24, 2.45) is 0 Å². The number of anilines is 2. The summed E-state index contributed by atoms with van der Waals surface area (Å²) in [4.78, 5) is 11.3. The molecule has 4 nitrogen and oxygen atoms in total. The molecule has 17 heavy (non-hydrogen) atoms. The summed E-state index contributed by atoms with van der Waals surface area (Å²) in [6.45, 7) is 5.40. The van der Waals surface area contributed by atoms with Gasteiger partial charge in [-0.1, -0.05) is 20.3 Å². The van der Waals surface area contributed by atoms with Crippen LogP contribution in [-0.4, -0.2) is 30.6 Å². The quantitative estimate of drug-likeness (QED) is 0.790. The Kier molecular flexibility index (Phi) is 5.73. The average molecular weight is 236 g/mol. The van der Waals surface area contributed by atoms with Crippen molar-refractivity contribution in [3.05, 3.63) is 11.9 Å². The molecule has 0 aliphatic heterocycles. The van der Waals surface area contributed by atoms with Crippen LogP contribution in [0.15, 0.2) is 6.07 Å². The molecular weight excluding hydrogens is 212 g/mol. The van der Waals surface area contributed by atoms with E-state index >= 15 is 0 Å². The standard InChI is InChI=1S/C13H24N4/c1-5-7-9-17(4)13-10-12(14-3)15-11(16-13)8-6-2/h10H,5-9H2,1-4H3,(H,14,15,16). The predicted octanol–water partition coefficient (Wildman–Crippen LogP) is 2.71.